The zero-order valence-electron chi connectivity index (χ0n) is 6.17. The van der Waals surface area contributed by atoms with E-state index in [1.54, 1.807) is 0 Å². The Hall–Kier alpha value is -1.01. The fraction of sp³-hybridized carbons (Fsp3) is 0.625. The van der Waals surface area contributed by atoms with Crippen molar-refractivity contribution in [3.05, 3.63) is 0 Å². The Bertz CT molecular complexity index is 193. The van der Waals surface area contributed by atoms with E-state index in [1.807, 2.05) is 0 Å². The van der Waals surface area contributed by atoms with E-state index in [1.165, 1.54) is 0 Å². The van der Waals surface area contributed by atoms with E-state index in [-0.39, 0.29) is 5.92 Å². The molecular formula is C8H10O3. The third-order valence-electron chi connectivity index (χ3n) is 1.60. The van der Waals surface area contributed by atoms with Crippen LogP contribution in [0.5, 0.6) is 0 Å². The summed E-state index contributed by atoms with van der Waals surface area (Å²) in [5.41, 5.74) is 0. The van der Waals surface area contributed by atoms with Crippen molar-refractivity contribution < 1.29 is 14.6 Å². The van der Waals surface area contributed by atoms with Gasteiger partial charge in [-0.05, 0) is 12.8 Å². The number of carboxylic acid groups (broad SMARTS) is 1. The molecule has 1 saturated heterocycles. The molecule has 0 aromatic heterocycles. The Kier molecular flexibility index (Phi) is 2.94. The minimum absolute atomic E-state index is 0.222. The van der Waals surface area contributed by atoms with Crippen LogP contribution in [0, 0.1) is 17.8 Å². The van der Waals surface area contributed by atoms with Gasteiger partial charge in [0.2, 0.25) is 0 Å². The van der Waals surface area contributed by atoms with Crippen molar-refractivity contribution in [1.29, 1.82) is 0 Å². The number of carboxylic acids is 1. The van der Waals surface area contributed by atoms with Crippen LogP contribution in [-0.4, -0.2) is 24.3 Å². The van der Waals surface area contributed by atoms with Gasteiger partial charge in [-0.15, -0.1) is 0 Å². The quantitative estimate of drug-likeness (QED) is 0.517. The van der Waals surface area contributed by atoms with Crippen molar-refractivity contribution in [3.63, 3.8) is 0 Å². The molecule has 1 aliphatic heterocycles. The highest BCUT2D eigenvalue weighted by Crippen LogP contribution is 2.12. The Morgan fingerprint density at radius 3 is 2.64 bits per heavy atom. The van der Waals surface area contributed by atoms with E-state index in [2.05, 4.69) is 11.8 Å². The summed E-state index contributed by atoms with van der Waals surface area (Å²) in [6.07, 6.45) is 1.72. The Labute approximate surface area is 65.4 Å². The maximum atomic E-state index is 10.0. The van der Waals surface area contributed by atoms with Gasteiger partial charge in [0.25, 0.3) is 0 Å². The molecule has 1 fully saturated rings. The molecule has 0 spiro atoms. The SMILES string of the molecule is O=C(O)C#CC1CCOCC1. The van der Waals surface area contributed by atoms with Gasteiger partial charge in [-0.2, -0.15) is 0 Å². The topological polar surface area (TPSA) is 46.5 Å². The van der Waals surface area contributed by atoms with Crippen molar-refractivity contribution in [2.45, 2.75) is 12.8 Å². The molecule has 1 N–H and O–H groups in total. The van der Waals surface area contributed by atoms with Gasteiger partial charge >= 0.3 is 5.97 Å². The minimum Gasteiger partial charge on any atom is -0.472 e. The van der Waals surface area contributed by atoms with Gasteiger partial charge in [0.15, 0.2) is 0 Å². The molecule has 3 nitrogen and oxygen atoms in total. The zero-order chi connectivity index (χ0) is 8.10. The second-order valence-electron chi connectivity index (χ2n) is 2.46. The van der Waals surface area contributed by atoms with Crippen LogP contribution in [-0.2, 0) is 9.53 Å². The van der Waals surface area contributed by atoms with Crippen LogP contribution >= 0.6 is 0 Å². The first kappa shape index (κ1) is 8.09. The number of hydrogen-bond donors (Lipinski definition) is 1. The number of hydrogen-bond acceptors (Lipinski definition) is 2. The molecule has 60 valence electrons. The summed E-state index contributed by atoms with van der Waals surface area (Å²) in [6.45, 7) is 1.41. The zero-order valence-corrected chi connectivity index (χ0v) is 6.17. The van der Waals surface area contributed by atoms with Crippen LogP contribution in [0.25, 0.3) is 0 Å². The van der Waals surface area contributed by atoms with Crippen LogP contribution in [0.15, 0.2) is 0 Å². The largest absolute Gasteiger partial charge is 0.472 e. The molecule has 0 radical (unpaired) electrons. The van der Waals surface area contributed by atoms with Crippen LogP contribution in [0.4, 0.5) is 0 Å². The van der Waals surface area contributed by atoms with Gasteiger partial charge in [0.1, 0.15) is 0 Å². The highest BCUT2D eigenvalue weighted by Gasteiger charge is 2.10. The van der Waals surface area contributed by atoms with Crippen molar-refractivity contribution in [2.75, 3.05) is 13.2 Å². The standard InChI is InChI=1S/C8H10O3/c9-8(10)2-1-7-3-5-11-6-4-7/h7H,3-6H2,(H,9,10). The molecule has 11 heavy (non-hydrogen) atoms. The lowest BCUT2D eigenvalue weighted by molar-refractivity contribution is -0.130. The molecule has 0 amide bonds. The maximum Gasteiger partial charge on any atom is 0.381 e. The van der Waals surface area contributed by atoms with E-state index in [4.69, 9.17) is 9.84 Å². The van der Waals surface area contributed by atoms with Crippen molar-refractivity contribution in [3.8, 4) is 11.8 Å². The molecule has 0 aromatic rings. The lowest BCUT2D eigenvalue weighted by Crippen LogP contribution is -2.14. The maximum absolute atomic E-state index is 10.0. The van der Waals surface area contributed by atoms with E-state index in [0.29, 0.717) is 13.2 Å². The summed E-state index contributed by atoms with van der Waals surface area (Å²) in [7, 11) is 0. The highest BCUT2D eigenvalue weighted by molar-refractivity contribution is 5.86. The Balaban J connectivity index is 2.36. The van der Waals surface area contributed by atoms with Crippen LogP contribution in [0.2, 0.25) is 0 Å². The molecule has 0 aromatic carbocycles. The Morgan fingerprint density at radius 2 is 2.09 bits per heavy atom. The van der Waals surface area contributed by atoms with Crippen LogP contribution in [0.3, 0.4) is 0 Å². The highest BCUT2D eigenvalue weighted by atomic mass is 16.5. The lowest BCUT2D eigenvalue weighted by Gasteiger charge is -2.16. The van der Waals surface area contributed by atoms with E-state index >= 15 is 0 Å². The number of aliphatic carboxylic acids is 1. The molecule has 3 heteroatoms. The predicted octanol–water partition coefficient (Wildman–Crippen LogP) is 0.501. The van der Waals surface area contributed by atoms with Gasteiger partial charge in [0.05, 0.1) is 0 Å². The molecule has 1 heterocycles. The van der Waals surface area contributed by atoms with Gasteiger partial charge in [-0.3, -0.25) is 0 Å². The molecule has 0 bridgehead atoms. The molecule has 0 unspecified atom stereocenters. The lowest BCUT2D eigenvalue weighted by atomic mass is 10.0. The van der Waals surface area contributed by atoms with Crippen LogP contribution < -0.4 is 0 Å². The number of rotatable bonds is 0. The normalized spacial score (nSPS) is 18.5. The smallest absolute Gasteiger partial charge is 0.381 e. The second-order valence-corrected chi connectivity index (χ2v) is 2.46. The van der Waals surface area contributed by atoms with Crippen molar-refractivity contribution in [2.24, 2.45) is 5.92 Å². The molecule has 1 rings (SSSR count). The first-order valence-corrected chi connectivity index (χ1v) is 3.61. The summed E-state index contributed by atoms with van der Waals surface area (Å²) < 4.78 is 5.09. The van der Waals surface area contributed by atoms with Crippen molar-refractivity contribution >= 4 is 5.97 Å². The summed E-state index contributed by atoms with van der Waals surface area (Å²) in [5.74, 6) is 3.99. The van der Waals surface area contributed by atoms with E-state index in [9.17, 15) is 4.79 Å². The van der Waals surface area contributed by atoms with Gasteiger partial charge in [-0.1, -0.05) is 5.92 Å². The monoisotopic (exact) mass is 154 g/mol. The minimum atomic E-state index is -1.04. The molecule has 0 atom stereocenters. The summed E-state index contributed by atoms with van der Waals surface area (Å²) in [4.78, 5) is 10.0. The molecule has 1 aliphatic rings. The number of ether oxygens (including phenoxy) is 1. The predicted molar refractivity (Wildman–Crippen MR) is 39.0 cm³/mol. The molecule has 0 aliphatic carbocycles. The van der Waals surface area contributed by atoms with Gasteiger partial charge in [-0.25, -0.2) is 4.79 Å². The Morgan fingerprint density at radius 1 is 1.45 bits per heavy atom. The average molecular weight is 154 g/mol. The number of carbonyl (C=O) groups is 1. The fourth-order valence-electron chi connectivity index (χ4n) is 1.01. The van der Waals surface area contributed by atoms with E-state index < -0.39 is 5.97 Å². The third-order valence-corrected chi connectivity index (χ3v) is 1.60. The molecular weight excluding hydrogens is 144 g/mol. The summed E-state index contributed by atoms with van der Waals surface area (Å²) in [6, 6.07) is 0. The fourth-order valence-corrected chi connectivity index (χ4v) is 1.01. The van der Waals surface area contributed by atoms with E-state index in [0.717, 1.165) is 12.8 Å². The summed E-state index contributed by atoms with van der Waals surface area (Å²) >= 11 is 0. The second kappa shape index (κ2) is 3.99. The molecule has 0 saturated carbocycles. The van der Waals surface area contributed by atoms with Crippen molar-refractivity contribution in [1.82, 2.24) is 0 Å². The van der Waals surface area contributed by atoms with Crippen LogP contribution in [0.1, 0.15) is 12.8 Å². The third kappa shape index (κ3) is 3.06. The van der Waals surface area contributed by atoms with Gasteiger partial charge < -0.3 is 9.84 Å². The summed E-state index contributed by atoms with van der Waals surface area (Å²) in [5, 5.41) is 8.24. The first-order chi connectivity index (χ1) is 5.29. The van der Waals surface area contributed by atoms with Gasteiger partial charge in [0, 0.05) is 25.1 Å². The first-order valence-electron chi connectivity index (χ1n) is 3.61. The average Bonchev–Trinajstić information content (AvgIpc) is 2.03.